The standard InChI is InChI=1S/C15H24N2O/c1-11(2)7-16-8-12-4-5-15(12)13-6-14(18-3)10-17-9-13/h6,9-12,15-16H,4-5,7-8H2,1-3H3. The zero-order chi connectivity index (χ0) is 13.0. The number of ether oxygens (including phenoxy) is 1. The third-order valence-corrected chi connectivity index (χ3v) is 3.77. The maximum Gasteiger partial charge on any atom is 0.137 e. The van der Waals surface area contributed by atoms with E-state index in [4.69, 9.17) is 4.74 Å². The zero-order valence-electron chi connectivity index (χ0n) is 11.6. The zero-order valence-corrected chi connectivity index (χ0v) is 11.6. The van der Waals surface area contributed by atoms with Crippen LogP contribution in [-0.4, -0.2) is 25.2 Å². The Morgan fingerprint density at radius 1 is 1.39 bits per heavy atom. The number of aromatic nitrogens is 1. The van der Waals surface area contributed by atoms with Crippen LogP contribution in [0, 0.1) is 11.8 Å². The van der Waals surface area contributed by atoms with E-state index in [9.17, 15) is 0 Å². The molecule has 0 spiro atoms. The largest absolute Gasteiger partial charge is 0.495 e. The summed E-state index contributed by atoms with van der Waals surface area (Å²) in [5, 5.41) is 3.56. The molecule has 1 saturated carbocycles. The van der Waals surface area contributed by atoms with Gasteiger partial charge in [-0.15, -0.1) is 0 Å². The van der Waals surface area contributed by atoms with Crippen LogP contribution >= 0.6 is 0 Å². The van der Waals surface area contributed by atoms with Gasteiger partial charge in [0.05, 0.1) is 13.3 Å². The number of hydrogen-bond acceptors (Lipinski definition) is 3. The molecule has 0 radical (unpaired) electrons. The molecule has 18 heavy (non-hydrogen) atoms. The lowest BCUT2D eigenvalue weighted by molar-refractivity contribution is 0.242. The van der Waals surface area contributed by atoms with Gasteiger partial charge >= 0.3 is 0 Å². The summed E-state index contributed by atoms with van der Waals surface area (Å²) in [4.78, 5) is 4.26. The second-order valence-corrected chi connectivity index (χ2v) is 5.65. The average Bonchev–Trinajstić information content (AvgIpc) is 2.33. The van der Waals surface area contributed by atoms with Crippen molar-refractivity contribution in [1.82, 2.24) is 10.3 Å². The minimum Gasteiger partial charge on any atom is -0.495 e. The fourth-order valence-electron chi connectivity index (χ4n) is 2.56. The smallest absolute Gasteiger partial charge is 0.137 e. The van der Waals surface area contributed by atoms with E-state index in [1.807, 2.05) is 6.20 Å². The second kappa shape index (κ2) is 6.19. The maximum absolute atomic E-state index is 5.24. The summed E-state index contributed by atoms with van der Waals surface area (Å²) in [5.74, 6) is 3.01. The van der Waals surface area contributed by atoms with Crippen molar-refractivity contribution in [1.29, 1.82) is 0 Å². The molecule has 2 unspecified atom stereocenters. The summed E-state index contributed by atoms with van der Waals surface area (Å²) in [6, 6.07) is 2.13. The van der Waals surface area contributed by atoms with Crippen molar-refractivity contribution < 1.29 is 4.74 Å². The van der Waals surface area contributed by atoms with Gasteiger partial charge in [0.25, 0.3) is 0 Å². The highest BCUT2D eigenvalue weighted by Crippen LogP contribution is 2.42. The van der Waals surface area contributed by atoms with Crippen LogP contribution < -0.4 is 10.1 Å². The highest BCUT2D eigenvalue weighted by molar-refractivity contribution is 5.28. The third kappa shape index (κ3) is 3.22. The lowest BCUT2D eigenvalue weighted by Crippen LogP contribution is -2.35. The summed E-state index contributed by atoms with van der Waals surface area (Å²) in [5.41, 5.74) is 1.33. The van der Waals surface area contributed by atoms with Crippen LogP contribution in [0.2, 0.25) is 0 Å². The molecule has 1 heterocycles. The van der Waals surface area contributed by atoms with Gasteiger partial charge in [-0.1, -0.05) is 13.8 Å². The van der Waals surface area contributed by atoms with Gasteiger partial charge in [-0.25, -0.2) is 0 Å². The summed E-state index contributed by atoms with van der Waals surface area (Å²) in [7, 11) is 1.70. The Kier molecular flexibility index (Phi) is 4.59. The van der Waals surface area contributed by atoms with E-state index in [2.05, 4.69) is 30.2 Å². The molecular formula is C15H24N2O. The van der Waals surface area contributed by atoms with E-state index in [0.717, 1.165) is 30.7 Å². The molecule has 1 aromatic rings. The predicted molar refractivity (Wildman–Crippen MR) is 74.0 cm³/mol. The minimum absolute atomic E-state index is 0.660. The van der Waals surface area contributed by atoms with Crippen LogP contribution in [0.15, 0.2) is 18.5 Å². The van der Waals surface area contributed by atoms with Gasteiger partial charge in [-0.2, -0.15) is 0 Å². The van der Waals surface area contributed by atoms with Gasteiger partial charge in [-0.3, -0.25) is 4.98 Å². The summed E-state index contributed by atoms with van der Waals surface area (Å²) >= 11 is 0. The van der Waals surface area contributed by atoms with Gasteiger partial charge < -0.3 is 10.1 Å². The molecule has 0 aromatic carbocycles. The number of rotatable bonds is 6. The van der Waals surface area contributed by atoms with Crippen molar-refractivity contribution >= 4 is 0 Å². The van der Waals surface area contributed by atoms with Crippen molar-refractivity contribution in [2.45, 2.75) is 32.6 Å². The van der Waals surface area contributed by atoms with E-state index < -0.39 is 0 Å². The number of hydrogen-bond donors (Lipinski definition) is 1. The number of pyridine rings is 1. The molecule has 0 amide bonds. The Hall–Kier alpha value is -1.09. The molecule has 1 N–H and O–H groups in total. The summed E-state index contributed by atoms with van der Waals surface area (Å²) < 4.78 is 5.24. The van der Waals surface area contributed by atoms with Crippen molar-refractivity contribution in [3.8, 4) is 5.75 Å². The first-order valence-corrected chi connectivity index (χ1v) is 6.90. The van der Waals surface area contributed by atoms with Crippen molar-refractivity contribution in [2.75, 3.05) is 20.2 Å². The van der Waals surface area contributed by atoms with Crippen LogP contribution in [0.4, 0.5) is 0 Å². The molecule has 3 nitrogen and oxygen atoms in total. The quantitative estimate of drug-likeness (QED) is 0.840. The topological polar surface area (TPSA) is 34.1 Å². The minimum atomic E-state index is 0.660. The SMILES string of the molecule is COc1cncc(C2CCC2CNCC(C)C)c1. The number of nitrogens with zero attached hydrogens (tertiary/aromatic N) is 1. The van der Waals surface area contributed by atoms with Crippen LogP contribution in [0.5, 0.6) is 5.75 Å². The lowest BCUT2D eigenvalue weighted by Gasteiger charge is -2.37. The molecule has 3 heteroatoms. The van der Waals surface area contributed by atoms with Gasteiger partial charge in [0.15, 0.2) is 0 Å². The first-order valence-electron chi connectivity index (χ1n) is 6.90. The monoisotopic (exact) mass is 248 g/mol. The van der Waals surface area contributed by atoms with Crippen LogP contribution in [-0.2, 0) is 0 Å². The molecule has 0 bridgehead atoms. The van der Waals surface area contributed by atoms with E-state index >= 15 is 0 Å². The van der Waals surface area contributed by atoms with E-state index in [0.29, 0.717) is 5.92 Å². The average molecular weight is 248 g/mol. The molecule has 1 fully saturated rings. The summed E-state index contributed by atoms with van der Waals surface area (Å²) in [6.07, 6.45) is 6.37. The highest BCUT2D eigenvalue weighted by atomic mass is 16.5. The Morgan fingerprint density at radius 3 is 2.83 bits per heavy atom. The van der Waals surface area contributed by atoms with E-state index in [1.165, 1.54) is 18.4 Å². The highest BCUT2D eigenvalue weighted by Gasteiger charge is 2.32. The Labute approximate surface area is 110 Å². The van der Waals surface area contributed by atoms with Gasteiger partial charge in [0, 0.05) is 6.20 Å². The Balaban J connectivity index is 1.88. The van der Waals surface area contributed by atoms with Gasteiger partial charge in [0.1, 0.15) is 5.75 Å². The van der Waals surface area contributed by atoms with Gasteiger partial charge in [0.2, 0.25) is 0 Å². The second-order valence-electron chi connectivity index (χ2n) is 5.65. The Morgan fingerprint density at radius 2 is 2.22 bits per heavy atom. The molecule has 1 aromatic heterocycles. The van der Waals surface area contributed by atoms with E-state index in [1.54, 1.807) is 13.3 Å². The van der Waals surface area contributed by atoms with Gasteiger partial charge in [-0.05, 0) is 55.3 Å². The third-order valence-electron chi connectivity index (χ3n) is 3.77. The van der Waals surface area contributed by atoms with Crippen LogP contribution in [0.25, 0.3) is 0 Å². The van der Waals surface area contributed by atoms with E-state index in [-0.39, 0.29) is 0 Å². The van der Waals surface area contributed by atoms with Crippen LogP contribution in [0.3, 0.4) is 0 Å². The molecule has 100 valence electrons. The molecular weight excluding hydrogens is 224 g/mol. The predicted octanol–water partition coefficient (Wildman–Crippen LogP) is 2.83. The fraction of sp³-hybridized carbons (Fsp3) is 0.667. The first-order chi connectivity index (χ1) is 8.70. The molecule has 2 rings (SSSR count). The summed E-state index contributed by atoms with van der Waals surface area (Å²) in [6.45, 7) is 6.73. The first kappa shape index (κ1) is 13.3. The molecule has 0 aliphatic heterocycles. The van der Waals surface area contributed by atoms with Crippen molar-refractivity contribution in [3.05, 3.63) is 24.0 Å². The normalized spacial score (nSPS) is 22.9. The number of nitrogens with one attached hydrogen (secondary N) is 1. The Bertz CT molecular complexity index is 379. The lowest BCUT2D eigenvalue weighted by atomic mass is 9.70. The van der Waals surface area contributed by atoms with Crippen LogP contribution in [0.1, 0.15) is 38.2 Å². The maximum atomic E-state index is 5.24. The van der Waals surface area contributed by atoms with Crippen molar-refractivity contribution in [3.63, 3.8) is 0 Å². The molecule has 1 aliphatic rings. The fourth-order valence-corrected chi connectivity index (χ4v) is 2.56. The molecule has 0 saturated heterocycles. The van der Waals surface area contributed by atoms with Crippen molar-refractivity contribution in [2.24, 2.45) is 11.8 Å². The molecule has 2 atom stereocenters. The molecule has 1 aliphatic carbocycles. The number of methoxy groups -OCH3 is 1.